The molecule has 0 aromatic rings. The zero-order valence-electron chi connectivity index (χ0n) is 6.33. The molecule has 0 N–H and O–H groups in total. The van der Waals surface area contributed by atoms with Gasteiger partial charge in [-0.15, -0.1) is 0 Å². The minimum absolute atomic E-state index is 1.44. The smallest absolute Gasteiger partial charge is 0.114 e. The molecule has 0 bridgehead atoms. The first-order chi connectivity index (χ1) is 4.41. The van der Waals surface area contributed by atoms with Crippen molar-refractivity contribution in [2.75, 3.05) is 0 Å². The van der Waals surface area contributed by atoms with Crippen LogP contribution in [-0.4, -0.2) is 12.6 Å². The highest BCUT2D eigenvalue weighted by atomic mass is 14.8. The maximum absolute atomic E-state index is 3.67. The molecule has 2 nitrogen and oxygen atoms in total. The van der Waals surface area contributed by atoms with Crippen LogP contribution in [0, 0.1) is 0 Å². The summed E-state index contributed by atoms with van der Waals surface area (Å²) in [5.41, 5.74) is 0. The van der Waals surface area contributed by atoms with E-state index in [1.54, 1.807) is 6.21 Å². The molecule has 2 heteroatoms. The molecule has 0 aromatic carbocycles. The van der Waals surface area contributed by atoms with Gasteiger partial charge in [0.1, 0.15) is 6.34 Å². The summed E-state index contributed by atoms with van der Waals surface area (Å²) in [4.78, 5) is 7.28. The van der Waals surface area contributed by atoms with Crippen molar-refractivity contribution in [3.05, 3.63) is 12.8 Å². The molecular formula is C7H14N2. The Morgan fingerprint density at radius 1 is 1.22 bits per heavy atom. The number of hydrogen-bond acceptors (Lipinski definition) is 1. The van der Waals surface area contributed by atoms with E-state index < -0.39 is 0 Å². The Labute approximate surface area is 57.0 Å². The van der Waals surface area contributed by atoms with Gasteiger partial charge in [-0.05, 0) is 6.92 Å². The highest BCUT2D eigenvalue weighted by Crippen LogP contribution is 1.62. The summed E-state index contributed by atoms with van der Waals surface area (Å²) in [5.74, 6) is 0. The van der Waals surface area contributed by atoms with Gasteiger partial charge in [0.2, 0.25) is 0 Å². The summed E-state index contributed by atoms with van der Waals surface area (Å²) in [7, 11) is 0. The molecule has 0 aliphatic carbocycles. The van der Waals surface area contributed by atoms with E-state index in [1.165, 1.54) is 12.5 Å². The van der Waals surface area contributed by atoms with Crippen molar-refractivity contribution in [1.82, 2.24) is 0 Å². The molecule has 0 unspecified atom stereocenters. The van der Waals surface area contributed by atoms with Gasteiger partial charge in [0.25, 0.3) is 0 Å². The van der Waals surface area contributed by atoms with Crippen LogP contribution in [-0.2, 0) is 0 Å². The molecule has 0 rings (SSSR count). The van der Waals surface area contributed by atoms with Crippen molar-refractivity contribution in [1.29, 1.82) is 0 Å². The molecule has 0 heterocycles. The summed E-state index contributed by atoms with van der Waals surface area (Å²) in [6, 6.07) is 0. The summed E-state index contributed by atoms with van der Waals surface area (Å²) < 4.78 is 0. The van der Waals surface area contributed by atoms with Crippen LogP contribution < -0.4 is 0 Å². The molecule has 0 radical (unpaired) electrons. The first-order valence-corrected chi connectivity index (χ1v) is 3.02. The first-order valence-electron chi connectivity index (χ1n) is 3.02. The molecule has 0 aliphatic rings. The lowest BCUT2D eigenvalue weighted by Gasteiger charge is -1.67. The van der Waals surface area contributed by atoms with Crippen molar-refractivity contribution in [2.24, 2.45) is 9.98 Å². The topological polar surface area (TPSA) is 24.7 Å². The highest BCUT2D eigenvalue weighted by molar-refractivity contribution is 5.70. The summed E-state index contributed by atoms with van der Waals surface area (Å²) in [6.45, 7) is 9.19. The quantitative estimate of drug-likeness (QED) is 0.400. The van der Waals surface area contributed by atoms with Crippen LogP contribution >= 0.6 is 0 Å². The van der Waals surface area contributed by atoms with E-state index in [-0.39, 0.29) is 0 Å². The average Bonchev–Trinajstić information content (AvgIpc) is 1.94. The van der Waals surface area contributed by atoms with Crippen LogP contribution in [0.3, 0.4) is 0 Å². The number of nitrogens with zero attached hydrogens (tertiary/aromatic N) is 2. The Bertz CT molecular complexity index is 93.1. The van der Waals surface area contributed by atoms with E-state index in [4.69, 9.17) is 0 Å². The van der Waals surface area contributed by atoms with Gasteiger partial charge in [-0.1, -0.05) is 20.4 Å². The predicted octanol–water partition coefficient (Wildman–Crippen LogP) is 2.28. The third-order valence-electron chi connectivity index (χ3n) is 0.388. The first kappa shape index (κ1) is 11.0. The largest absolute Gasteiger partial charge is 0.250 e. The molecule has 0 amide bonds. The second-order valence-corrected chi connectivity index (χ2v) is 0.854. The molecular weight excluding hydrogens is 112 g/mol. The van der Waals surface area contributed by atoms with Gasteiger partial charge in [-0.25, -0.2) is 9.98 Å². The van der Waals surface area contributed by atoms with E-state index in [2.05, 4.69) is 16.6 Å². The minimum atomic E-state index is 1.44. The minimum Gasteiger partial charge on any atom is -0.250 e. The monoisotopic (exact) mass is 126 g/mol. The van der Waals surface area contributed by atoms with Crippen LogP contribution in [0.4, 0.5) is 0 Å². The van der Waals surface area contributed by atoms with E-state index in [1.807, 2.05) is 20.8 Å². The Balaban J connectivity index is 0. The maximum Gasteiger partial charge on any atom is 0.114 e. The van der Waals surface area contributed by atoms with Gasteiger partial charge in [-0.2, -0.15) is 0 Å². The zero-order chi connectivity index (χ0) is 7.54. The molecule has 0 saturated heterocycles. The number of hydrogen-bond donors (Lipinski definition) is 0. The summed E-state index contributed by atoms with van der Waals surface area (Å²) in [5, 5.41) is 0. The second-order valence-electron chi connectivity index (χ2n) is 0.854. The van der Waals surface area contributed by atoms with Crippen LogP contribution in [0.5, 0.6) is 0 Å². The van der Waals surface area contributed by atoms with Crippen molar-refractivity contribution < 1.29 is 0 Å². The van der Waals surface area contributed by atoms with Gasteiger partial charge >= 0.3 is 0 Å². The summed E-state index contributed by atoms with van der Waals surface area (Å²) in [6.07, 6.45) is 4.53. The highest BCUT2D eigenvalue weighted by Gasteiger charge is 1.52. The van der Waals surface area contributed by atoms with Gasteiger partial charge < -0.3 is 0 Å². The maximum atomic E-state index is 3.67. The Morgan fingerprint density at radius 2 is 1.78 bits per heavy atom. The molecule has 0 fully saturated rings. The molecule has 0 saturated carbocycles. The molecule has 52 valence electrons. The third kappa shape index (κ3) is 19.3. The summed E-state index contributed by atoms with van der Waals surface area (Å²) >= 11 is 0. The third-order valence-corrected chi connectivity index (χ3v) is 0.388. The zero-order valence-corrected chi connectivity index (χ0v) is 6.33. The van der Waals surface area contributed by atoms with Crippen molar-refractivity contribution in [3.63, 3.8) is 0 Å². The fourth-order valence-corrected chi connectivity index (χ4v) is 0.152. The van der Waals surface area contributed by atoms with E-state index in [9.17, 15) is 0 Å². The van der Waals surface area contributed by atoms with Crippen molar-refractivity contribution in [2.45, 2.75) is 20.8 Å². The van der Waals surface area contributed by atoms with E-state index in [0.717, 1.165) is 0 Å². The van der Waals surface area contributed by atoms with Crippen LogP contribution in [0.2, 0.25) is 0 Å². The van der Waals surface area contributed by atoms with Gasteiger partial charge in [0.05, 0.1) is 0 Å². The van der Waals surface area contributed by atoms with Crippen molar-refractivity contribution in [3.8, 4) is 0 Å². The van der Waals surface area contributed by atoms with Crippen LogP contribution in [0.15, 0.2) is 22.8 Å². The standard InChI is InChI=1S/C5H8N2.C2H6/c1-3-6-5-7-4-2;1-2/h3-5H,1H2,2H3;1-2H3. The fourth-order valence-electron chi connectivity index (χ4n) is 0.152. The Morgan fingerprint density at radius 3 is 2.11 bits per heavy atom. The molecule has 9 heavy (non-hydrogen) atoms. The Kier molecular flexibility index (Phi) is 19.1. The van der Waals surface area contributed by atoms with E-state index in [0.29, 0.717) is 0 Å². The lowest BCUT2D eigenvalue weighted by Crippen LogP contribution is -1.61. The number of rotatable bonds is 2. The average molecular weight is 126 g/mol. The van der Waals surface area contributed by atoms with E-state index >= 15 is 0 Å². The predicted molar refractivity (Wildman–Crippen MR) is 44.2 cm³/mol. The normalized spacial score (nSPS) is 9.22. The van der Waals surface area contributed by atoms with Gasteiger partial charge in [0.15, 0.2) is 0 Å². The fraction of sp³-hybridized carbons (Fsp3) is 0.429. The van der Waals surface area contributed by atoms with Crippen molar-refractivity contribution >= 4 is 12.6 Å². The van der Waals surface area contributed by atoms with Crippen LogP contribution in [0.1, 0.15) is 20.8 Å². The van der Waals surface area contributed by atoms with Crippen LogP contribution in [0.25, 0.3) is 0 Å². The molecule has 0 spiro atoms. The Hall–Kier alpha value is -0.920. The van der Waals surface area contributed by atoms with Gasteiger partial charge in [-0.3, -0.25) is 0 Å². The number of aliphatic imine (C=N–C) groups is 2. The molecule has 0 aliphatic heterocycles. The SMILES string of the molecule is C=CN=CN=CC.CC. The lowest BCUT2D eigenvalue weighted by molar-refractivity contribution is 1.50. The van der Waals surface area contributed by atoms with Gasteiger partial charge in [0, 0.05) is 12.4 Å². The molecule has 0 atom stereocenters. The lowest BCUT2D eigenvalue weighted by atomic mass is 10.9. The molecule has 0 aromatic heterocycles. The second kappa shape index (κ2) is 15.7.